The zero-order chi connectivity index (χ0) is 22.2. The lowest BCUT2D eigenvalue weighted by atomic mass is 10.1. The smallest absolute Gasteiger partial charge is 0.214 e. The average Bonchev–Trinajstić information content (AvgIpc) is 2.75. The third-order valence-electron chi connectivity index (χ3n) is 4.76. The van der Waals surface area contributed by atoms with E-state index < -0.39 is 26.3 Å². The number of allylic oxidation sites excluding steroid dienone is 1. The summed E-state index contributed by atoms with van der Waals surface area (Å²) in [5.74, 6) is -0.634. The van der Waals surface area contributed by atoms with Crippen molar-refractivity contribution in [1.82, 2.24) is 0 Å². The van der Waals surface area contributed by atoms with Crippen molar-refractivity contribution < 1.29 is 22.3 Å². The Morgan fingerprint density at radius 3 is 2.35 bits per heavy atom. The van der Waals surface area contributed by atoms with Gasteiger partial charge in [-0.05, 0) is 73.7 Å². The molecule has 31 heavy (non-hydrogen) atoms. The number of nitrogens with zero attached hydrogens (tertiary/aromatic N) is 1. The zero-order valence-electron chi connectivity index (χ0n) is 16.4. The molecule has 0 amide bonds. The molecule has 0 N–H and O–H groups in total. The molecule has 0 saturated heterocycles. The lowest BCUT2D eigenvalue weighted by Gasteiger charge is -2.29. The molecule has 8 heteroatoms. The molecule has 1 aliphatic rings. The summed E-state index contributed by atoms with van der Waals surface area (Å²) in [6, 6.07) is 16.2. The number of anilines is 2. The Labute approximate surface area is 184 Å². The topological polar surface area (TPSA) is 63.7 Å². The van der Waals surface area contributed by atoms with Gasteiger partial charge in [-0.2, -0.15) is 0 Å². The van der Waals surface area contributed by atoms with Gasteiger partial charge in [0.15, 0.2) is 0 Å². The van der Waals surface area contributed by atoms with Gasteiger partial charge >= 0.3 is 0 Å². The van der Waals surface area contributed by atoms with Crippen LogP contribution >= 0.6 is 11.6 Å². The fraction of sp³-hybridized carbons (Fsp3) is 0.0870. The number of carbonyl (C=O) groups is 1. The number of sulfone groups is 1. The first kappa shape index (κ1) is 21.1. The number of hydrogen-bond donors (Lipinski definition) is 0. The van der Waals surface area contributed by atoms with Gasteiger partial charge in [-0.3, -0.25) is 4.79 Å². The molecular weight excluding hydrogens is 441 g/mol. The minimum atomic E-state index is -4.17. The van der Waals surface area contributed by atoms with E-state index in [4.69, 9.17) is 16.3 Å². The highest BCUT2D eigenvalue weighted by molar-refractivity contribution is 7.96. The van der Waals surface area contributed by atoms with Gasteiger partial charge in [-0.25, -0.2) is 12.8 Å². The maximum Gasteiger partial charge on any atom is 0.214 e. The van der Waals surface area contributed by atoms with Crippen LogP contribution in [0.2, 0.25) is 5.02 Å². The molecule has 4 rings (SSSR count). The number of carbonyl (C=O) groups excluding carboxylic acids is 1. The second-order valence-corrected chi connectivity index (χ2v) is 9.06. The monoisotopic (exact) mass is 457 g/mol. The van der Waals surface area contributed by atoms with Gasteiger partial charge in [0.05, 0.1) is 17.2 Å². The summed E-state index contributed by atoms with van der Waals surface area (Å²) < 4.78 is 45.9. The number of benzene rings is 3. The number of ketones is 1. The van der Waals surface area contributed by atoms with Crippen LogP contribution in [-0.2, 0) is 9.84 Å². The molecule has 1 aliphatic heterocycles. The molecule has 3 aromatic rings. The summed E-state index contributed by atoms with van der Waals surface area (Å²) in [6.07, 6.45) is 1.23. The van der Waals surface area contributed by atoms with Crippen LogP contribution in [0.4, 0.5) is 15.8 Å². The molecule has 0 aliphatic carbocycles. The molecule has 0 atom stereocenters. The van der Waals surface area contributed by atoms with Crippen LogP contribution in [0.3, 0.4) is 0 Å². The van der Waals surface area contributed by atoms with Crippen molar-refractivity contribution in [3.8, 4) is 5.75 Å². The number of rotatable bonds is 5. The first-order valence-electron chi connectivity index (χ1n) is 9.40. The van der Waals surface area contributed by atoms with E-state index in [1.54, 1.807) is 24.3 Å². The van der Waals surface area contributed by atoms with Gasteiger partial charge < -0.3 is 9.64 Å². The summed E-state index contributed by atoms with van der Waals surface area (Å²) in [4.78, 5) is 14.0. The lowest BCUT2D eigenvalue weighted by Crippen LogP contribution is -2.26. The van der Waals surface area contributed by atoms with Crippen LogP contribution < -0.4 is 9.64 Å². The molecule has 0 radical (unpaired) electrons. The van der Waals surface area contributed by atoms with E-state index in [2.05, 4.69) is 0 Å². The third kappa shape index (κ3) is 3.94. The summed E-state index contributed by atoms with van der Waals surface area (Å²) in [5, 5.41) is 0.425. The largest absolute Gasteiger partial charge is 0.494 e. The van der Waals surface area contributed by atoms with E-state index >= 15 is 0 Å². The third-order valence-corrected chi connectivity index (χ3v) is 6.81. The van der Waals surface area contributed by atoms with Crippen LogP contribution in [0.25, 0.3) is 0 Å². The molecule has 0 fully saturated rings. The van der Waals surface area contributed by atoms with Gasteiger partial charge in [0.2, 0.25) is 15.6 Å². The predicted molar refractivity (Wildman–Crippen MR) is 117 cm³/mol. The highest BCUT2D eigenvalue weighted by atomic mass is 35.5. The molecule has 1 heterocycles. The first-order valence-corrected chi connectivity index (χ1v) is 11.3. The molecule has 0 bridgehead atoms. The van der Waals surface area contributed by atoms with E-state index in [-0.39, 0.29) is 16.1 Å². The van der Waals surface area contributed by atoms with Crippen LogP contribution in [0.5, 0.6) is 5.75 Å². The Bertz CT molecular complexity index is 1290. The second-order valence-electron chi connectivity index (χ2n) is 6.74. The second kappa shape index (κ2) is 8.17. The average molecular weight is 458 g/mol. The Morgan fingerprint density at radius 2 is 1.71 bits per heavy atom. The van der Waals surface area contributed by atoms with E-state index in [0.717, 1.165) is 12.1 Å². The standard InChI is InChI=1S/C23H17ClFNO4S/c1-2-30-19-10-8-18(9-11-19)26-14-22(23(27)15-3-5-16(24)6-4-15)31(28,29)21-12-7-17(25)13-20(21)26/h3-14H,2H2,1H3. The van der Waals surface area contributed by atoms with Crippen molar-refractivity contribution in [1.29, 1.82) is 0 Å². The summed E-state index contributed by atoms with van der Waals surface area (Å²) >= 11 is 5.88. The number of hydrogen-bond acceptors (Lipinski definition) is 5. The van der Waals surface area contributed by atoms with E-state index in [1.165, 1.54) is 41.4 Å². The molecule has 0 saturated carbocycles. The summed E-state index contributed by atoms with van der Waals surface area (Å²) in [6.45, 7) is 2.36. The minimum Gasteiger partial charge on any atom is -0.494 e. The van der Waals surface area contributed by atoms with E-state index in [0.29, 0.717) is 23.1 Å². The lowest BCUT2D eigenvalue weighted by molar-refractivity contribution is 0.104. The van der Waals surface area contributed by atoms with Gasteiger partial charge in [0.1, 0.15) is 16.5 Å². The predicted octanol–water partition coefficient (Wildman–Crippen LogP) is 5.53. The first-order chi connectivity index (χ1) is 14.8. The number of ether oxygens (including phenoxy) is 1. The molecule has 3 aromatic carbocycles. The highest BCUT2D eigenvalue weighted by Crippen LogP contribution is 2.41. The molecule has 0 aromatic heterocycles. The number of halogens is 2. The van der Waals surface area contributed by atoms with E-state index in [9.17, 15) is 17.6 Å². The van der Waals surface area contributed by atoms with Crippen molar-refractivity contribution in [3.63, 3.8) is 0 Å². The maximum absolute atomic E-state index is 14.0. The van der Waals surface area contributed by atoms with Crippen molar-refractivity contribution >= 4 is 38.6 Å². The van der Waals surface area contributed by atoms with E-state index in [1.807, 2.05) is 6.92 Å². The van der Waals surface area contributed by atoms with Gasteiger partial charge in [0.25, 0.3) is 0 Å². The van der Waals surface area contributed by atoms with Crippen LogP contribution in [0, 0.1) is 5.82 Å². The van der Waals surface area contributed by atoms with Crippen LogP contribution in [0.15, 0.2) is 82.7 Å². The van der Waals surface area contributed by atoms with Crippen LogP contribution in [-0.4, -0.2) is 20.8 Å². The van der Waals surface area contributed by atoms with Crippen LogP contribution in [0.1, 0.15) is 17.3 Å². The van der Waals surface area contributed by atoms with Gasteiger partial charge in [-0.1, -0.05) is 11.6 Å². The van der Waals surface area contributed by atoms with Crippen molar-refractivity contribution in [3.05, 3.63) is 94.2 Å². The Balaban J connectivity index is 1.87. The van der Waals surface area contributed by atoms with Crippen molar-refractivity contribution in [2.24, 2.45) is 0 Å². The molecule has 158 valence electrons. The van der Waals surface area contributed by atoms with Gasteiger partial charge in [-0.15, -0.1) is 0 Å². The molecule has 5 nitrogen and oxygen atoms in total. The van der Waals surface area contributed by atoms with Crippen molar-refractivity contribution in [2.75, 3.05) is 11.5 Å². The molecule has 0 unspecified atom stereocenters. The minimum absolute atomic E-state index is 0.122. The number of fused-ring (bicyclic) bond motifs is 1. The SMILES string of the molecule is CCOc1ccc(N2C=C(C(=O)c3ccc(Cl)cc3)S(=O)(=O)c3ccc(F)cc32)cc1. The van der Waals surface area contributed by atoms with Gasteiger partial charge in [0, 0.05) is 22.5 Å². The fourth-order valence-corrected chi connectivity index (χ4v) is 4.94. The van der Waals surface area contributed by atoms with Crippen molar-refractivity contribution in [2.45, 2.75) is 11.8 Å². The highest BCUT2D eigenvalue weighted by Gasteiger charge is 2.36. The Morgan fingerprint density at radius 1 is 1.03 bits per heavy atom. The normalized spacial score (nSPS) is 14.5. The molecular formula is C23H17ClFNO4S. The molecule has 0 spiro atoms. The summed E-state index contributed by atoms with van der Waals surface area (Å²) in [7, 11) is -4.17. The zero-order valence-corrected chi connectivity index (χ0v) is 18.0. The fourth-order valence-electron chi connectivity index (χ4n) is 3.29. The quantitative estimate of drug-likeness (QED) is 0.372. The Hall–Kier alpha value is -3.16. The number of Topliss-reactive ketones (excluding diaryl/α,β-unsaturated/α-hetero) is 1. The Kier molecular flexibility index (Phi) is 5.56. The summed E-state index contributed by atoms with van der Waals surface area (Å²) in [5.41, 5.74) is 0.847. The maximum atomic E-state index is 14.0.